The number of thiocarbonyl (C=S) groups is 1. The van der Waals surface area contributed by atoms with E-state index in [-0.39, 0.29) is 11.7 Å². The summed E-state index contributed by atoms with van der Waals surface area (Å²) in [4.78, 5) is 14.1. The zero-order valence-electron chi connectivity index (χ0n) is 13.2. The van der Waals surface area contributed by atoms with Gasteiger partial charge in [0.15, 0.2) is 0 Å². The summed E-state index contributed by atoms with van der Waals surface area (Å²) in [5.74, 6) is 0.272. The first-order chi connectivity index (χ1) is 11.6. The minimum atomic E-state index is -0.513. The normalized spacial score (nSPS) is 16.3. The first-order valence-electron chi connectivity index (χ1n) is 7.54. The van der Waals surface area contributed by atoms with Gasteiger partial charge in [-0.05, 0) is 24.6 Å². The minimum absolute atomic E-state index is 0.00164. The van der Waals surface area contributed by atoms with E-state index in [0.717, 1.165) is 21.8 Å². The van der Waals surface area contributed by atoms with Crippen LogP contribution in [0.25, 0.3) is 0 Å². The van der Waals surface area contributed by atoms with Crippen LogP contribution < -0.4 is 4.74 Å². The monoisotopic (exact) mass is 352 g/mol. The molecule has 0 bridgehead atoms. The second kappa shape index (κ2) is 7.18. The van der Waals surface area contributed by atoms with Gasteiger partial charge in [-0.1, -0.05) is 67.0 Å². The lowest BCUT2D eigenvalue weighted by Gasteiger charge is -2.25. The fourth-order valence-corrected chi connectivity index (χ4v) is 4.20. The van der Waals surface area contributed by atoms with Crippen molar-refractivity contribution in [2.75, 3.05) is 6.61 Å². The molecule has 2 aromatic rings. The molecule has 1 unspecified atom stereocenters. The predicted octanol–water partition coefficient (Wildman–Crippen LogP) is 4.75. The van der Waals surface area contributed by atoms with Crippen LogP contribution in [-0.4, -0.2) is 16.6 Å². The fraction of sp³-hybridized carbons (Fsp3) is 0.150. The van der Waals surface area contributed by atoms with Crippen LogP contribution in [0, 0.1) is 12.8 Å². The maximum atomic E-state index is 12.6. The molecule has 0 N–H and O–H groups in total. The highest BCUT2D eigenvalue weighted by Crippen LogP contribution is 2.37. The van der Waals surface area contributed by atoms with E-state index in [0.29, 0.717) is 10.4 Å². The van der Waals surface area contributed by atoms with E-state index in [1.807, 2.05) is 55.5 Å². The van der Waals surface area contributed by atoms with Gasteiger partial charge in [0.25, 0.3) is 0 Å². The van der Waals surface area contributed by atoms with Gasteiger partial charge in [-0.2, -0.15) is 0 Å². The number of thioether (sulfide) groups is 1. The van der Waals surface area contributed by atoms with Crippen molar-refractivity contribution in [1.29, 1.82) is 0 Å². The van der Waals surface area contributed by atoms with Gasteiger partial charge >= 0.3 is 0 Å². The van der Waals surface area contributed by atoms with Crippen LogP contribution in [0.4, 0.5) is 0 Å². The fourth-order valence-electron chi connectivity index (χ4n) is 2.60. The molecule has 3 rings (SSSR count). The van der Waals surface area contributed by atoms with Crippen molar-refractivity contribution in [3.63, 3.8) is 0 Å². The molecule has 0 aromatic heterocycles. The predicted molar refractivity (Wildman–Crippen MR) is 102 cm³/mol. The van der Waals surface area contributed by atoms with Crippen LogP contribution in [0.2, 0.25) is 0 Å². The lowest BCUT2D eigenvalue weighted by Crippen LogP contribution is -2.29. The first-order valence-corrected chi connectivity index (χ1v) is 8.76. The van der Waals surface area contributed by atoms with E-state index >= 15 is 0 Å². The Morgan fingerprint density at radius 1 is 1.25 bits per heavy atom. The maximum Gasteiger partial charge on any atom is 0.206 e. The summed E-state index contributed by atoms with van der Waals surface area (Å²) in [6, 6.07) is 15.5. The third kappa shape index (κ3) is 3.22. The Bertz CT molecular complexity index is 863. The van der Waals surface area contributed by atoms with Crippen LogP contribution >= 0.6 is 24.0 Å². The molecule has 1 aliphatic heterocycles. The number of aryl methyl sites for hydroxylation is 1. The number of benzene rings is 2. The van der Waals surface area contributed by atoms with E-state index in [4.69, 9.17) is 17.0 Å². The SMILES string of the molecule is C=C=C(COc1ccccc1C)C1C(=O)Sc2ccccc2C1=S. The molecule has 0 saturated heterocycles. The van der Waals surface area contributed by atoms with Crippen molar-refractivity contribution >= 4 is 34.0 Å². The topological polar surface area (TPSA) is 26.3 Å². The van der Waals surface area contributed by atoms with Crippen molar-refractivity contribution in [2.24, 2.45) is 5.92 Å². The molecule has 1 atom stereocenters. The van der Waals surface area contributed by atoms with Gasteiger partial charge in [-0.25, -0.2) is 0 Å². The zero-order valence-corrected chi connectivity index (χ0v) is 14.9. The quantitative estimate of drug-likeness (QED) is 0.586. The number of carbonyl (C=O) groups is 1. The molecule has 0 amide bonds. The molecule has 1 heterocycles. The van der Waals surface area contributed by atoms with Crippen LogP contribution in [0.3, 0.4) is 0 Å². The maximum absolute atomic E-state index is 12.6. The molecule has 0 fully saturated rings. The van der Waals surface area contributed by atoms with E-state index in [1.165, 1.54) is 11.8 Å². The van der Waals surface area contributed by atoms with Crippen molar-refractivity contribution in [1.82, 2.24) is 0 Å². The highest BCUT2D eigenvalue weighted by molar-refractivity contribution is 8.14. The zero-order chi connectivity index (χ0) is 17.1. The summed E-state index contributed by atoms with van der Waals surface area (Å²) in [7, 11) is 0. The molecule has 1 aliphatic rings. The summed E-state index contributed by atoms with van der Waals surface area (Å²) in [5, 5.41) is -0.00164. The Kier molecular flexibility index (Phi) is 5.00. The molecule has 2 aromatic carbocycles. The van der Waals surface area contributed by atoms with E-state index in [1.54, 1.807) is 0 Å². The lowest BCUT2D eigenvalue weighted by molar-refractivity contribution is -0.112. The summed E-state index contributed by atoms with van der Waals surface area (Å²) in [6.07, 6.45) is 0. The van der Waals surface area contributed by atoms with Gasteiger partial charge in [0.05, 0.1) is 5.92 Å². The molecular weight excluding hydrogens is 336 g/mol. The van der Waals surface area contributed by atoms with Gasteiger partial charge in [0.1, 0.15) is 12.4 Å². The molecule has 0 saturated carbocycles. The molecule has 120 valence electrons. The smallest absolute Gasteiger partial charge is 0.206 e. The van der Waals surface area contributed by atoms with Crippen molar-refractivity contribution < 1.29 is 9.53 Å². The van der Waals surface area contributed by atoms with E-state index < -0.39 is 5.92 Å². The number of para-hydroxylation sites is 1. The van der Waals surface area contributed by atoms with Crippen molar-refractivity contribution in [3.8, 4) is 5.75 Å². The van der Waals surface area contributed by atoms with Crippen LogP contribution in [0.5, 0.6) is 5.75 Å². The summed E-state index contributed by atoms with van der Waals surface area (Å²) < 4.78 is 5.87. The molecule has 0 aliphatic carbocycles. The summed E-state index contributed by atoms with van der Waals surface area (Å²) in [5.41, 5.74) is 5.53. The van der Waals surface area contributed by atoms with E-state index in [9.17, 15) is 4.79 Å². The van der Waals surface area contributed by atoms with Gasteiger partial charge < -0.3 is 4.74 Å². The Hall–Kier alpha value is -2.13. The largest absolute Gasteiger partial charge is 0.488 e. The lowest BCUT2D eigenvalue weighted by atomic mass is 9.92. The Morgan fingerprint density at radius 2 is 1.96 bits per heavy atom. The molecule has 4 heteroatoms. The van der Waals surface area contributed by atoms with Crippen LogP contribution in [0.1, 0.15) is 11.1 Å². The highest BCUT2D eigenvalue weighted by Gasteiger charge is 2.34. The number of carbonyl (C=O) groups excluding carboxylic acids is 1. The van der Waals surface area contributed by atoms with Gasteiger partial charge in [-0.3, -0.25) is 4.79 Å². The second-order valence-electron chi connectivity index (χ2n) is 5.47. The second-order valence-corrected chi connectivity index (χ2v) is 6.96. The Balaban J connectivity index is 1.84. The van der Waals surface area contributed by atoms with Crippen LogP contribution in [-0.2, 0) is 4.79 Å². The summed E-state index contributed by atoms with van der Waals surface area (Å²) in [6.45, 7) is 5.96. The molecule has 2 nitrogen and oxygen atoms in total. The highest BCUT2D eigenvalue weighted by atomic mass is 32.2. The van der Waals surface area contributed by atoms with Crippen LogP contribution in [0.15, 0.2) is 71.3 Å². The van der Waals surface area contributed by atoms with Gasteiger partial charge in [-0.15, -0.1) is 5.73 Å². The number of rotatable bonds is 4. The molecule has 0 radical (unpaired) electrons. The number of hydrogen-bond donors (Lipinski definition) is 0. The van der Waals surface area contributed by atoms with Gasteiger partial charge in [0, 0.05) is 20.9 Å². The van der Waals surface area contributed by atoms with E-state index in [2.05, 4.69) is 12.3 Å². The minimum Gasteiger partial charge on any atom is -0.488 e. The number of ether oxygens (including phenoxy) is 1. The molecule has 24 heavy (non-hydrogen) atoms. The third-order valence-electron chi connectivity index (χ3n) is 3.91. The molecule has 0 spiro atoms. The number of hydrogen-bond acceptors (Lipinski definition) is 4. The third-order valence-corrected chi connectivity index (χ3v) is 5.38. The molecular formula is C20H16O2S2. The Morgan fingerprint density at radius 3 is 2.71 bits per heavy atom. The first kappa shape index (κ1) is 16.7. The average molecular weight is 352 g/mol. The average Bonchev–Trinajstić information content (AvgIpc) is 2.59. The van der Waals surface area contributed by atoms with Crippen molar-refractivity contribution in [2.45, 2.75) is 11.8 Å². The summed E-state index contributed by atoms with van der Waals surface area (Å²) >= 11 is 6.80. The number of fused-ring (bicyclic) bond motifs is 1. The Labute approximate surface area is 151 Å². The van der Waals surface area contributed by atoms with Gasteiger partial charge in [0.2, 0.25) is 5.12 Å². The standard InChI is InChI=1S/C20H16O2S2/c1-3-14(12-22-16-10-6-4-8-13(16)2)18-19(23)15-9-5-7-11-17(15)24-20(18)21/h4-11,18H,1,12H2,2H3. The van der Waals surface area contributed by atoms with Crippen molar-refractivity contribution in [3.05, 3.63) is 77.5 Å².